The molecule has 1 aliphatic rings. The quantitative estimate of drug-likeness (QED) is 0.871. The number of thiazole rings is 1. The van der Waals surface area contributed by atoms with Crippen molar-refractivity contribution in [3.63, 3.8) is 0 Å². The maximum atomic E-state index is 4.42. The van der Waals surface area contributed by atoms with E-state index in [-0.39, 0.29) is 0 Å². The van der Waals surface area contributed by atoms with Gasteiger partial charge >= 0.3 is 0 Å². The normalized spacial score (nSPS) is 23.2. The minimum absolute atomic E-state index is 0.571. The molecule has 1 aromatic carbocycles. The first-order chi connectivity index (χ1) is 9.38. The third-order valence-corrected chi connectivity index (χ3v) is 4.73. The monoisotopic (exact) mass is 272 g/mol. The van der Waals surface area contributed by atoms with Gasteiger partial charge in [0.15, 0.2) is 0 Å². The molecule has 0 saturated heterocycles. The van der Waals surface area contributed by atoms with Crippen LogP contribution in [0.4, 0.5) is 0 Å². The zero-order valence-corrected chi connectivity index (χ0v) is 12.1. The number of hydrogen-bond donors (Lipinski definition) is 1. The lowest BCUT2D eigenvalue weighted by atomic mass is 10.0. The van der Waals surface area contributed by atoms with Crippen molar-refractivity contribution in [1.82, 2.24) is 10.3 Å². The molecule has 1 N–H and O–H groups in total. The average Bonchev–Trinajstić information content (AvgIpc) is 3.09. The van der Waals surface area contributed by atoms with Gasteiger partial charge in [0.05, 0.1) is 5.01 Å². The van der Waals surface area contributed by atoms with Crippen molar-refractivity contribution in [2.24, 2.45) is 5.92 Å². The Hall–Kier alpha value is -1.19. The van der Waals surface area contributed by atoms with Gasteiger partial charge in [-0.25, -0.2) is 4.98 Å². The molecule has 3 heteroatoms. The third kappa shape index (κ3) is 3.04. The topological polar surface area (TPSA) is 24.9 Å². The van der Waals surface area contributed by atoms with Crippen molar-refractivity contribution >= 4 is 11.3 Å². The van der Waals surface area contributed by atoms with Crippen LogP contribution >= 0.6 is 11.3 Å². The SMILES string of the molecule is CCNC(Cc1nccs1)C1CC1c1ccccc1. The molecule has 3 unspecified atom stereocenters. The number of nitrogens with one attached hydrogen (secondary N) is 1. The van der Waals surface area contributed by atoms with Crippen LogP contribution in [0.25, 0.3) is 0 Å². The molecule has 2 aromatic rings. The van der Waals surface area contributed by atoms with Crippen molar-refractivity contribution < 1.29 is 0 Å². The van der Waals surface area contributed by atoms with Crippen LogP contribution in [-0.2, 0) is 6.42 Å². The van der Waals surface area contributed by atoms with E-state index >= 15 is 0 Å². The molecule has 0 spiro atoms. The van der Waals surface area contributed by atoms with Crippen LogP contribution in [0.3, 0.4) is 0 Å². The maximum absolute atomic E-state index is 4.42. The second kappa shape index (κ2) is 5.85. The summed E-state index contributed by atoms with van der Waals surface area (Å²) in [6.45, 7) is 3.23. The predicted octanol–water partition coefficient (Wildman–Crippen LogP) is 3.47. The summed E-state index contributed by atoms with van der Waals surface area (Å²) in [5.74, 6) is 1.51. The largest absolute Gasteiger partial charge is 0.314 e. The number of hydrogen-bond acceptors (Lipinski definition) is 3. The molecule has 1 heterocycles. The highest BCUT2D eigenvalue weighted by Crippen LogP contribution is 2.50. The predicted molar refractivity (Wildman–Crippen MR) is 80.6 cm³/mol. The second-order valence-electron chi connectivity index (χ2n) is 5.21. The summed E-state index contributed by atoms with van der Waals surface area (Å²) in [7, 11) is 0. The smallest absolute Gasteiger partial charge is 0.0940 e. The van der Waals surface area contributed by atoms with E-state index < -0.39 is 0 Å². The third-order valence-electron chi connectivity index (χ3n) is 3.93. The Morgan fingerprint density at radius 1 is 1.37 bits per heavy atom. The molecule has 2 nitrogen and oxygen atoms in total. The molecule has 19 heavy (non-hydrogen) atoms. The first kappa shape index (κ1) is 12.8. The number of benzene rings is 1. The van der Waals surface area contributed by atoms with Crippen LogP contribution in [0, 0.1) is 5.92 Å². The summed E-state index contributed by atoms with van der Waals surface area (Å²) in [4.78, 5) is 4.42. The molecule has 3 rings (SSSR count). The van der Waals surface area contributed by atoms with Gasteiger partial charge < -0.3 is 5.32 Å². The van der Waals surface area contributed by atoms with E-state index in [2.05, 4.69) is 52.9 Å². The van der Waals surface area contributed by atoms with Gasteiger partial charge in [0, 0.05) is 24.0 Å². The fourth-order valence-electron chi connectivity index (χ4n) is 2.92. The highest BCUT2D eigenvalue weighted by atomic mass is 32.1. The number of nitrogens with zero attached hydrogens (tertiary/aromatic N) is 1. The number of likely N-dealkylation sites (N-methyl/N-ethyl adjacent to an activating group) is 1. The molecule has 1 aliphatic carbocycles. The fourth-order valence-corrected chi connectivity index (χ4v) is 3.60. The second-order valence-corrected chi connectivity index (χ2v) is 6.19. The Morgan fingerprint density at radius 2 is 2.21 bits per heavy atom. The average molecular weight is 272 g/mol. The molecule has 3 atom stereocenters. The lowest BCUT2D eigenvalue weighted by Crippen LogP contribution is -2.33. The van der Waals surface area contributed by atoms with E-state index in [1.54, 1.807) is 11.3 Å². The van der Waals surface area contributed by atoms with Gasteiger partial charge in [-0.2, -0.15) is 0 Å². The summed E-state index contributed by atoms with van der Waals surface area (Å²) in [5.41, 5.74) is 1.49. The molecule has 0 amide bonds. The van der Waals surface area contributed by atoms with Crippen molar-refractivity contribution in [3.05, 3.63) is 52.5 Å². The zero-order valence-electron chi connectivity index (χ0n) is 11.3. The van der Waals surface area contributed by atoms with Crippen molar-refractivity contribution in [2.45, 2.75) is 31.7 Å². The van der Waals surface area contributed by atoms with Gasteiger partial charge in [-0.1, -0.05) is 37.3 Å². The first-order valence-electron chi connectivity index (χ1n) is 7.05. The highest BCUT2D eigenvalue weighted by Gasteiger charge is 2.43. The first-order valence-corrected chi connectivity index (χ1v) is 7.93. The van der Waals surface area contributed by atoms with Crippen LogP contribution in [-0.4, -0.2) is 17.6 Å². The summed E-state index contributed by atoms with van der Waals surface area (Å²) < 4.78 is 0. The van der Waals surface area contributed by atoms with Gasteiger partial charge in [-0.05, 0) is 30.4 Å². The Morgan fingerprint density at radius 3 is 2.89 bits per heavy atom. The van der Waals surface area contributed by atoms with Crippen LogP contribution in [0.1, 0.15) is 29.8 Å². The fraction of sp³-hybridized carbons (Fsp3) is 0.438. The molecule has 0 radical (unpaired) electrons. The van der Waals surface area contributed by atoms with E-state index in [4.69, 9.17) is 0 Å². The molecule has 0 bridgehead atoms. The molecule has 1 fully saturated rings. The zero-order chi connectivity index (χ0) is 13.1. The van der Waals surface area contributed by atoms with Gasteiger partial charge in [0.25, 0.3) is 0 Å². The minimum atomic E-state index is 0.571. The van der Waals surface area contributed by atoms with E-state index in [0.29, 0.717) is 6.04 Å². The van der Waals surface area contributed by atoms with Crippen LogP contribution in [0.2, 0.25) is 0 Å². The summed E-state index contributed by atoms with van der Waals surface area (Å²) in [6, 6.07) is 11.5. The molecular formula is C16H20N2S. The van der Waals surface area contributed by atoms with Crippen molar-refractivity contribution in [3.8, 4) is 0 Å². The van der Waals surface area contributed by atoms with E-state index in [9.17, 15) is 0 Å². The maximum Gasteiger partial charge on any atom is 0.0940 e. The van der Waals surface area contributed by atoms with Gasteiger partial charge in [-0.3, -0.25) is 0 Å². The number of aromatic nitrogens is 1. The van der Waals surface area contributed by atoms with Crippen molar-refractivity contribution in [1.29, 1.82) is 0 Å². The summed E-state index contributed by atoms with van der Waals surface area (Å²) in [6.07, 6.45) is 4.29. The van der Waals surface area contributed by atoms with Crippen LogP contribution in [0.15, 0.2) is 41.9 Å². The molecule has 100 valence electrons. The van der Waals surface area contributed by atoms with Gasteiger partial charge in [-0.15, -0.1) is 11.3 Å². The lowest BCUT2D eigenvalue weighted by molar-refractivity contribution is 0.464. The van der Waals surface area contributed by atoms with Crippen LogP contribution in [0.5, 0.6) is 0 Å². The van der Waals surface area contributed by atoms with Gasteiger partial charge in [0.2, 0.25) is 0 Å². The standard InChI is InChI=1S/C16H20N2S/c1-2-17-15(11-16-18-8-9-19-16)14-10-13(14)12-6-4-3-5-7-12/h3-9,13-15,17H,2,10-11H2,1H3. The Bertz CT molecular complexity index is 495. The summed E-state index contributed by atoms with van der Waals surface area (Å²) in [5, 5.41) is 6.97. The Labute approximate surface area is 118 Å². The highest BCUT2D eigenvalue weighted by molar-refractivity contribution is 7.09. The van der Waals surface area contributed by atoms with E-state index in [1.807, 2.05) is 6.20 Å². The van der Waals surface area contributed by atoms with Gasteiger partial charge in [0.1, 0.15) is 0 Å². The molecular weight excluding hydrogens is 252 g/mol. The summed E-state index contributed by atoms with van der Waals surface area (Å²) >= 11 is 1.77. The molecule has 0 aliphatic heterocycles. The Balaban J connectivity index is 1.66. The molecule has 1 aromatic heterocycles. The number of rotatable bonds is 6. The molecule has 1 saturated carbocycles. The van der Waals surface area contributed by atoms with E-state index in [1.165, 1.54) is 17.0 Å². The van der Waals surface area contributed by atoms with Crippen molar-refractivity contribution in [2.75, 3.05) is 6.54 Å². The van der Waals surface area contributed by atoms with E-state index in [0.717, 1.165) is 24.8 Å². The Kier molecular flexibility index (Phi) is 3.95. The minimum Gasteiger partial charge on any atom is -0.314 e. The lowest BCUT2D eigenvalue weighted by Gasteiger charge is -2.16. The van der Waals surface area contributed by atoms with Crippen LogP contribution < -0.4 is 5.32 Å².